The molecule has 0 spiro atoms. The molecule has 21 heteroatoms. The third-order valence-electron chi connectivity index (χ3n) is 15.9. The number of allylic oxidation sites excluding steroid dienone is 5. The smallest absolute Gasteiger partial charge is 0.420 e. The van der Waals surface area contributed by atoms with Gasteiger partial charge in [0.2, 0.25) is 0 Å². The van der Waals surface area contributed by atoms with Crippen LogP contribution in [0.2, 0.25) is 0 Å². The predicted molar refractivity (Wildman–Crippen MR) is 341 cm³/mol. The minimum Gasteiger partial charge on any atom is -0.505 e. The van der Waals surface area contributed by atoms with Crippen molar-refractivity contribution in [3.63, 3.8) is 0 Å². The van der Waals surface area contributed by atoms with Gasteiger partial charge < -0.3 is 69.8 Å². The Morgan fingerprint density at radius 2 is 1.18 bits per heavy atom. The van der Waals surface area contributed by atoms with Crippen molar-refractivity contribution in [3.05, 3.63) is 130 Å². The van der Waals surface area contributed by atoms with Gasteiger partial charge >= 0.3 is 17.8 Å². The summed E-state index contributed by atoms with van der Waals surface area (Å²) < 4.78 is 35.2. The van der Waals surface area contributed by atoms with E-state index in [-0.39, 0.29) is 103 Å². The summed E-state index contributed by atoms with van der Waals surface area (Å²) in [7, 11) is 3.06. The zero-order valence-electron chi connectivity index (χ0n) is 52.4. The van der Waals surface area contributed by atoms with E-state index in [1.807, 2.05) is 66.7 Å². The second-order valence-corrected chi connectivity index (χ2v) is 23.2. The molecule has 12 atom stereocenters. The zero-order chi connectivity index (χ0) is 64.7. The summed E-state index contributed by atoms with van der Waals surface area (Å²) in [4.78, 5) is 77.0. The number of aromatic nitrogens is 1. The SMILES string of the molecule is C.C=CCN1C(=O)COc2cc3c(O)c(c21)C[C@@H](C)C[C@H](OC)[C@H](O)[C@@H](C)/C=C(\C)[C@H](OC(N)=O)[C@@H](C)/C=C\C=C(/C)C(=O)N3.C=CCn1c(=O)oc2cc3c(O)c(c21)C[C@@H](C)C[C@H](OC)[C@H](O)[C@@H](C)/C=C(\C)[C@H](OC(C)=O)[C@@H](C)/C=C\C=C(/C)C(=O)N3. The van der Waals surface area contributed by atoms with Crippen LogP contribution in [-0.2, 0) is 57.5 Å². The molecule has 4 bridgehead atoms. The van der Waals surface area contributed by atoms with Crippen LogP contribution in [0.25, 0.3) is 11.1 Å². The fourth-order valence-corrected chi connectivity index (χ4v) is 11.3. The maximum Gasteiger partial charge on any atom is 0.420 e. The van der Waals surface area contributed by atoms with Crippen LogP contribution in [0.15, 0.2) is 118 Å². The third-order valence-corrected chi connectivity index (χ3v) is 15.9. The number of phenolic OH excluding ortho intramolecular Hbond substituents is 2. The second kappa shape index (κ2) is 32.8. The molecule has 0 saturated heterocycles. The Morgan fingerprint density at radius 1 is 0.716 bits per heavy atom. The number of anilines is 3. The van der Waals surface area contributed by atoms with Crippen molar-refractivity contribution in [3.8, 4) is 17.2 Å². The number of aliphatic hydroxyl groups excluding tert-OH is 2. The number of carbonyl (C=O) groups excluding carboxylic acids is 5. The number of aliphatic hydroxyl groups is 2. The molecule has 21 nitrogen and oxygen atoms in total. The standard InChI is InChI=1S/C33H45N3O8.C33H44N2O8.CH4/c1-8-12-36-27(37)17-43-25-16-24-30(39)23(28(25)36)13-18(2)14-26(42-7)29(38)21(5)15-22(6)31(44-33(34)41)19(3)10-9-11-20(4)32(40)35-24;1-9-13-35-28-24-14-18(2)15-27(41-8)29(37)21(5)16-22(6)31(42-23(7)36)19(3)11-10-12-20(4)32(39)34-25(30(24)38)17-26(28)43-33(35)40;/h8-11,15-16,18-19,21,26,29,31,38-39H,1,12-14,17H2,2-7H3,(H2,34,41)(H,35,40);9-12,16-19,21,27,29,31,37-38H,1,13-15H2,2-8H3,(H,34,39);1H4/b10-9-,20-11+,22-15+;11-10-,20-12+,22-16+;/t18-,19+,21+,26+,29-,31-;18-,19+,21+,27+,29-,31-;/m11./s1. The lowest BCUT2D eigenvalue weighted by Crippen LogP contribution is -2.40. The van der Waals surface area contributed by atoms with E-state index in [0.717, 1.165) is 5.57 Å². The number of fused-ring (bicyclic) bond motifs is 8. The van der Waals surface area contributed by atoms with Crippen LogP contribution in [0.5, 0.6) is 17.2 Å². The Kier molecular flexibility index (Phi) is 27.1. The number of primary amides is 1. The highest BCUT2D eigenvalue weighted by Gasteiger charge is 2.35. The monoisotopic (exact) mass is 1220 g/mol. The second-order valence-electron chi connectivity index (χ2n) is 23.2. The molecule has 0 fully saturated rings. The summed E-state index contributed by atoms with van der Waals surface area (Å²) in [6, 6.07) is 2.95. The van der Waals surface area contributed by atoms with Crippen LogP contribution in [0.4, 0.5) is 21.9 Å². The summed E-state index contributed by atoms with van der Waals surface area (Å²) in [6.45, 7) is 27.3. The van der Waals surface area contributed by atoms with E-state index in [1.165, 1.54) is 42.7 Å². The number of phenols is 2. The molecule has 0 unspecified atom stereocenters. The third kappa shape index (κ3) is 18.3. The number of benzene rings is 2. The van der Waals surface area contributed by atoms with Gasteiger partial charge in [0.05, 0.1) is 47.0 Å². The van der Waals surface area contributed by atoms with Gasteiger partial charge in [0, 0.05) is 92.3 Å². The minimum atomic E-state index is -0.925. The molecule has 2 aromatic carbocycles. The minimum absolute atomic E-state index is 0. The maximum absolute atomic E-state index is 13.2. The van der Waals surface area contributed by atoms with Gasteiger partial charge in [-0.05, 0) is 76.4 Å². The highest BCUT2D eigenvalue weighted by Crippen LogP contribution is 2.47. The summed E-state index contributed by atoms with van der Waals surface area (Å²) >= 11 is 0. The molecule has 4 amide bonds. The average Bonchev–Trinajstić information content (AvgIpc) is 1.37. The van der Waals surface area contributed by atoms with E-state index in [0.29, 0.717) is 64.1 Å². The van der Waals surface area contributed by atoms with Crippen molar-refractivity contribution >= 4 is 57.9 Å². The number of oxazole rings is 1. The molecule has 1 aromatic heterocycles. The van der Waals surface area contributed by atoms with Crippen molar-refractivity contribution in [2.24, 2.45) is 41.2 Å². The zero-order valence-corrected chi connectivity index (χ0v) is 52.4. The Balaban J connectivity index is 0.000000372. The Hall–Kier alpha value is -7.98. The first-order chi connectivity index (χ1) is 41.1. The summed E-state index contributed by atoms with van der Waals surface area (Å²) in [5, 5.41) is 51.1. The fraction of sp³-hybridized carbons (Fsp3) is 0.493. The van der Waals surface area contributed by atoms with Gasteiger partial charge in [-0.2, -0.15) is 0 Å². The number of aromatic hydroxyl groups is 2. The normalized spacial score (nSPS) is 29.3. The van der Waals surface area contributed by atoms with Crippen molar-refractivity contribution in [1.29, 1.82) is 0 Å². The van der Waals surface area contributed by atoms with Gasteiger partial charge in [0.1, 0.15) is 29.5 Å². The molecular formula is C67H93N5O16. The van der Waals surface area contributed by atoms with Crippen LogP contribution in [0, 0.1) is 35.5 Å². The molecular weight excluding hydrogens is 1130 g/mol. The Labute approximate surface area is 516 Å². The highest BCUT2D eigenvalue weighted by molar-refractivity contribution is 6.07. The summed E-state index contributed by atoms with van der Waals surface area (Å²) in [5.41, 5.74) is 9.71. The lowest BCUT2D eigenvalue weighted by molar-refractivity contribution is -0.146. The van der Waals surface area contributed by atoms with E-state index in [2.05, 4.69) is 23.8 Å². The van der Waals surface area contributed by atoms with Gasteiger partial charge in [0.15, 0.2) is 12.2 Å². The number of rotatable bonds is 8. The lowest BCUT2D eigenvalue weighted by Gasteiger charge is -2.33. The van der Waals surface area contributed by atoms with Gasteiger partial charge in [-0.25, -0.2) is 9.59 Å². The fourth-order valence-electron chi connectivity index (χ4n) is 11.3. The van der Waals surface area contributed by atoms with Crippen molar-refractivity contribution in [1.82, 2.24) is 4.57 Å². The van der Waals surface area contributed by atoms with Crippen LogP contribution in [0.3, 0.4) is 0 Å². The first-order valence-electron chi connectivity index (χ1n) is 29.2. The Bertz CT molecular complexity index is 3270. The van der Waals surface area contributed by atoms with Crippen LogP contribution in [-0.4, -0.2) is 119 Å². The number of amides is 4. The van der Waals surface area contributed by atoms with Crippen LogP contribution in [0.1, 0.15) is 108 Å². The topological polar surface area (TPSA) is 301 Å². The summed E-state index contributed by atoms with van der Waals surface area (Å²) in [6.07, 6.45) is 13.4. The van der Waals surface area contributed by atoms with Crippen molar-refractivity contribution < 1.29 is 72.5 Å². The number of hydrogen-bond donors (Lipinski definition) is 7. The molecule has 0 radical (unpaired) electrons. The number of hydrogen-bond acceptors (Lipinski definition) is 16. The van der Waals surface area contributed by atoms with Gasteiger partial charge in [0.25, 0.3) is 17.7 Å². The molecule has 3 aliphatic rings. The predicted octanol–water partition coefficient (Wildman–Crippen LogP) is 10.1. The lowest BCUT2D eigenvalue weighted by atomic mass is 9.87. The molecule has 482 valence electrons. The maximum atomic E-state index is 13.2. The molecule has 3 aliphatic heterocycles. The first kappa shape index (κ1) is 72.5. The molecule has 88 heavy (non-hydrogen) atoms. The molecule has 0 aliphatic carbocycles. The van der Waals surface area contributed by atoms with Crippen molar-refractivity contribution in [2.75, 3.05) is 42.9 Å². The van der Waals surface area contributed by atoms with E-state index in [1.54, 1.807) is 63.3 Å². The van der Waals surface area contributed by atoms with E-state index in [9.17, 15) is 49.2 Å². The van der Waals surface area contributed by atoms with Crippen molar-refractivity contribution in [2.45, 2.75) is 152 Å². The molecule has 6 rings (SSSR count). The molecule has 3 aromatic rings. The molecule has 8 N–H and O–H groups in total. The largest absolute Gasteiger partial charge is 0.505 e. The number of nitrogens with zero attached hydrogens (tertiary/aromatic N) is 2. The van der Waals surface area contributed by atoms with Gasteiger partial charge in [-0.3, -0.25) is 23.7 Å². The highest BCUT2D eigenvalue weighted by atomic mass is 16.6. The quantitative estimate of drug-likeness (QED) is 0.0627. The van der Waals surface area contributed by atoms with Crippen LogP contribution >= 0.6 is 0 Å². The number of nitrogens with two attached hydrogens (primary N) is 1. The Morgan fingerprint density at radius 3 is 1.65 bits per heavy atom. The number of esters is 1. The summed E-state index contributed by atoms with van der Waals surface area (Å²) in [5.74, 6) is -3.82. The number of methoxy groups -OCH3 is 2. The van der Waals surface area contributed by atoms with Gasteiger partial charge in [-0.15, -0.1) is 13.2 Å². The number of ether oxygens (including phenoxy) is 5. The van der Waals surface area contributed by atoms with Crippen LogP contribution < -0.4 is 31.8 Å². The van der Waals surface area contributed by atoms with E-state index >= 15 is 0 Å². The van der Waals surface area contributed by atoms with E-state index < -0.39 is 66.3 Å². The van der Waals surface area contributed by atoms with E-state index in [4.69, 9.17) is 33.8 Å². The average molecular weight is 1220 g/mol. The first-order valence-corrected chi connectivity index (χ1v) is 29.2. The number of carbonyl (C=O) groups is 5. The number of nitrogens with one attached hydrogen (secondary N) is 2. The molecule has 0 saturated carbocycles. The molecule has 4 heterocycles. The van der Waals surface area contributed by atoms with Gasteiger partial charge in [-0.1, -0.05) is 110 Å².